The van der Waals surface area contributed by atoms with E-state index in [9.17, 15) is 0 Å². The Morgan fingerprint density at radius 3 is 2.88 bits per heavy atom. The smallest absolute Gasteiger partial charge is 0.101 e. The maximum atomic E-state index is 8.95. The van der Waals surface area contributed by atoms with E-state index in [4.69, 9.17) is 23.3 Å². The molecule has 0 aliphatic heterocycles. The molecule has 0 aliphatic rings. The van der Waals surface area contributed by atoms with Crippen LogP contribution in [0.3, 0.4) is 0 Å². The van der Waals surface area contributed by atoms with E-state index in [1.807, 2.05) is 6.92 Å². The molecule has 1 aromatic carbocycles. The van der Waals surface area contributed by atoms with Crippen LogP contribution in [0.1, 0.15) is 25.3 Å². The van der Waals surface area contributed by atoms with Gasteiger partial charge in [0.1, 0.15) is 6.07 Å². The average Bonchev–Trinajstić information content (AvgIpc) is 2.29. The van der Waals surface area contributed by atoms with E-state index in [0.717, 1.165) is 12.1 Å². The molecule has 1 rings (SSSR count). The number of nitrogens with zero attached hydrogens (tertiary/aromatic N) is 1. The zero-order valence-corrected chi connectivity index (χ0v) is 9.88. The minimum absolute atomic E-state index is 0.176. The Bertz CT molecular complexity index is 440. The summed E-state index contributed by atoms with van der Waals surface area (Å²) in [5.74, 6) is 2.61. The zero-order valence-electron chi connectivity index (χ0n) is 9.13. The molecule has 0 aliphatic carbocycles. The summed E-state index contributed by atoms with van der Waals surface area (Å²) in [5.41, 5.74) is 1.33. The summed E-state index contributed by atoms with van der Waals surface area (Å²) in [6, 6.07) is 7.45. The number of hydrogen-bond donors (Lipinski definition) is 1. The summed E-state index contributed by atoms with van der Waals surface area (Å²) in [6.07, 6.45) is 6.82. The van der Waals surface area contributed by atoms with Gasteiger partial charge in [0.05, 0.1) is 11.3 Å². The van der Waals surface area contributed by atoms with Crippen LogP contribution in [0.2, 0.25) is 5.02 Å². The van der Waals surface area contributed by atoms with Crippen LogP contribution in [-0.4, -0.2) is 6.04 Å². The minimum atomic E-state index is 0.176. The molecule has 0 saturated carbocycles. The molecule has 2 nitrogen and oxygen atoms in total. The van der Waals surface area contributed by atoms with Gasteiger partial charge >= 0.3 is 0 Å². The lowest BCUT2D eigenvalue weighted by Crippen LogP contribution is -2.18. The van der Waals surface area contributed by atoms with E-state index >= 15 is 0 Å². The Morgan fingerprint density at radius 1 is 1.56 bits per heavy atom. The summed E-state index contributed by atoms with van der Waals surface area (Å²) in [5, 5.41) is 12.8. The van der Waals surface area contributed by atoms with Gasteiger partial charge in [-0.1, -0.05) is 18.5 Å². The first-order valence-corrected chi connectivity index (χ1v) is 5.48. The number of hydrogen-bond acceptors (Lipinski definition) is 2. The van der Waals surface area contributed by atoms with Crippen LogP contribution in [0.15, 0.2) is 18.2 Å². The van der Waals surface area contributed by atoms with Crippen LogP contribution >= 0.6 is 11.6 Å². The number of rotatable bonds is 4. The maximum absolute atomic E-state index is 8.95. The Hall–Kier alpha value is -1.64. The van der Waals surface area contributed by atoms with Crippen molar-refractivity contribution in [3.63, 3.8) is 0 Å². The molecule has 0 spiro atoms. The average molecular weight is 233 g/mol. The van der Waals surface area contributed by atoms with Crippen LogP contribution in [-0.2, 0) is 0 Å². The third-order valence-electron chi connectivity index (χ3n) is 2.32. The first-order valence-electron chi connectivity index (χ1n) is 5.11. The molecule has 0 saturated heterocycles. The van der Waals surface area contributed by atoms with Gasteiger partial charge in [0, 0.05) is 17.5 Å². The van der Waals surface area contributed by atoms with Crippen molar-refractivity contribution < 1.29 is 0 Å². The highest BCUT2D eigenvalue weighted by molar-refractivity contribution is 6.30. The van der Waals surface area contributed by atoms with Crippen LogP contribution < -0.4 is 5.32 Å². The second kappa shape index (κ2) is 6.05. The molecular formula is C13H13ClN2. The quantitative estimate of drug-likeness (QED) is 0.808. The largest absolute Gasteiger partial charge is 0.380 e. The molecule has 0 radical (unpaired) electrons. The second-order valence-corrected chi connectivity index (χ2v) is 3.90. The number of anilines is 1. The fourth-order valence-electron chi connectivity index (χ4n) is 1.39. The fraction of sp³-hybridized carbons (Fsp3) is 0.308. The van der Waals surface area contributed by atoms with Crippen molar-refractivity contribution in [2.24, 2.45) is 0 Å². The summed E-state index contributed by atoms with van der Waals surface area (Å²) in [4.78, 5) is 0. The summed E-state index contributed by atoms with van der Waals surface area (Å²) in [6.45, 7) is 2.05. The van der Waals surface area contributed by atoms with Crippen LogP contribution in [0, 0.1) is 23.7 Å². The molecule has 1 unspecified atom stereocenters. The van der Waals surface area contributed by atoms with Gasteiger partial charge in [-0.25, -0.2) is 0 Å². The van der Waals surface area contributed by atoms with E-state index in [-0.39, 0.29) is 6.04 Å². The lowest BCUT2D eigenvalue weighted by atomic mass is 10.1. The number of terminal acetylenes is 1. The van der Waals surface area contributed by atoms with Crippen molar-refractivity contribution in [1.29, 1.82) is 5.26 Å². The predicted octanol–water partition coefficient (Wildman–Crippen LogP) is 3.43. The molecule has 0 aromatic heterocycles. The summed E-state index contributed by atoms with van der Waals surface area (Å²) in [7, 11) is 0. The Kier molecular flexibility index (Phi) is 4.70. The van der Waals surface area contributed by atoms with Crippen molar-refractivity contribution in [2.75, 3.05) is 5.32 Å². The van der Waals surface area contributed by atoms with Gasteiger partial charge in [-0.3, -0.25) is 0 Å². The van der Waals surface area contributed by atoms with Crippen molar-refractivity contribution >= 4 is 17.3 Å². The Morgan fingerprint density at radius 2 is 2.31 bits per heavy atom. The van der Waals surface area contributed by atoms with Crippen LogP contribution in [0.4, 0.5) is 5.69 Å². The molecule has 16 heavy (non-hydrogen) atoms. The highest BCUT2D eigenvalue weighted by atomic mass is 35.5. The van der Waals surface area contributed by atoms with Crippen molar-refractivity contribution in [3.8, 4) is 18.4 Å². The Balaban J connectivity index is 2.91. The van der Waals surface area contributed by atoms with Gasteiger partial charge in [0.25, 0.3) is 0 Å². The standard InChI is InChI=1S/C13H13ClN2/c1-3-5-12(4-2)16-13-8-11(14)7-6-10(13)9-15/h1,6-8,12,16H,4-5H2,2H3. The number of halogens is 1. The second-order valence-electron chi connectivity index (χ2n) is 3.46. The fourth-order valence-corrected chi connectivity index (χ4v) is 1.57. The van der Waals surface area contributed by atoms with E-state index in [1.165, 1.54) is 0 Å². The zero-order chi connectivity index (χ0) is 12.0. The SMILES string of the molecule is C#CCC(CC)Nc1cc(Cl)ccc1C#N. The molecule has 1 atom stereocenters. The molecular weight excluding hydrogens is 220 g/mol. The third-order valence-corrected chi connectivity index (χ3v) is 2.55. The van der Waals surface area contributed by atoms with Crippen molar-refractivity contribution in [1.82, 2.24) is 0 Å². The number of benzene rings is 1. The van der Waals surface area contributed by atoms with Gasteiger partial charge < -0.3 is 5.32 Å². The molecule has 82 valence electrons. The van der Waals surface area contributed by atoms with Gasteiger partial charge in [0.15, 0.2) is 0 Å². The molecule has 0 bridgehead atoms. The predicted molar refractivity (Wildman–Crippen MR) is 67.3 cm³/mol. The van der Waals surface area contributed by atoms with Gasteiger partial charge in [-0.2, -0.15) is 5.26 Å². The monoisotopic (exact) mass is 232 g/mol. The first kappa shape index (κ1) is 12.4. The van der Waals surface area contributed by atoms with Crippen LogP contribution in [0.25, 0.3) is 0 Å². The molecule has 0 heterocycles. The van der Waals surface area contributed by atoms with Crippen molar-refractivity contribution in [3.05, 3.63) is 28.8 Å². The van der Waals surface area contributed by atoms with Gasteiger partial charge in [-0.05, 0) is 24.6 Å². The third kappa shape index (κ3) is 3.19. The minimum Gasteiger partial charge on any atom is -0.380 e. The normalized spacial score (nSPS) is 11.2. The molecule has 1 N–H and O–H groups in total. The molecule has 0 amide bonds. The van der Waals surface area contributed by atoms with Gasteiger partial charge in [-0.15, -0.1) is 12.3 Å². The lowest BCUT2D eigenvalue weighted by molar-refractivity contribution is 0.715. The highest BCUT2D eigenvalue weighted by Gasteiger charge is 2.08. The lowest BCUT2D eigenvalue weighted by Gasteiger charge is -2.16. The molecule has 0 fully saturated rings. The van der Waals surface area contributed by atoms with Crippen LogP contribution in [0.5, 0.6) is 0 Å². The first-order chi connectivity index (χ1) is 7.71. The number of nitriles is 1. The van der Waals surface area contributed by atoms with E-state index < -0.39 is 0 Å². The van der Waals surface area contributed by atoms with Gasteiger partial charge in [0.2, 0.25) is 0 Å². The van der Waals surface area contributed by atoms with E-state index in [1.54, 1.807) is 18.2 Å². The summed E-state index contributed by atoms with van der Waals surface area (Å²) >= 11 is 5.89. The maximum Gasteiger partial charge on any atom is 0.101 e. The highest BCUT2D eigenvalue weighted by Crippen LogP contribution is 2.22. The van der Waals surface area contributed by atoms with E-state index in [0.29, 0.717) is 17.0 Å². The van der Waals surface area contributed by atoms with Crippen molar-refractivity contribution in [2.45, 2.75) is 25.8 Å². The molecule has 1 aromatic rings. The molecule has 3 heteroatoms. The number of nitrogens with one attached hydrogen (secondary N) is 1. The summed E-state index contributed by atoms with van der Waals surface area (Å²) < 4.78 is 0. The Labute approximate surface area is 101 Å². The van der Waals surface area contributed by atoms with E-state index in [2.05, 4.69) is 17.3 Å². The topological polar surface area (TPSA) is 35.8 Å².